The average Bonchev–Trinajstić information content (AvgIpc) is 2.38. The predicted octanol–water partition coefficient (Wildman–Crippen LogP) is 3.27. The van der Waals surface area contributed by atoms with Crippen molar-refractivity contribution in [1.29, 1.82) is 0 Å². The zero-order valence-electron chi connectivity index (χ0n) is 11.6. The smallest absolute Gasteiger partial charge is 0.257 e. The summed E-state index contributed by atoms with van der Waals surface area (Å²) >= 11 is 2.99. The number of benzene rings is 1. The molecule has 0 bridgehead atoms. The van der Waals surface area contributed by atoms with Gasteiger partial charge >= 0.3 is 0 Å². The van der Waals surface area contributed by atoms with Crippen LogP contribution < -0.4 is 10.6 Å². The monoisotopic (exact) mass is 382 g/mol. The van der Waals surface area contributed by atoms with E-state index in [2.05, 4.69) is 26.6 Å². The van der Waals surface area contributed by atoms with E-state index in [4.69, 9.17) is 0 Å². The highest BCUT2D eigenvalue weighted by atomic mass is 79.9. The van der Waals surface area contributed by atoms with Crippen molar-refractivity contribution >= 4 is 34.2 Å². The third-order valence-corrected chi connectivity index (χ3v) is 4.09. The van der Waals surface area contributed by atoms with Crippen LogP contribution in [0.5, 0.6) is 0 Å². The SMILES string of the molecule is CC(NC(=O)c1c(F)cc(Br)cc1F)C1CCCNC1.Cl. The second kappa shape index (κ2) is 8.06. The fraction of sp³-hybridized carbons (Fsp3) is 0.500. The number of rotatable bonds is 3. The van der Waals surface area contributed by atoms with E-state index in [-0.39, 0.29) is 28.8 Å². The van der Waals surface area contributed by atoms with Gasteiger partial charge < -0.3 is 10.6 Å². The molecule has 1 aliphatic heterocycles. The molecule has 1 aromatic carbocycles. The predicted molar refractivity (Wildman–Crippen MR) is 83.8 cm³/mol. The molecule has 1 fully saturated rings. The van der Waals surface area contributed by atoms with Gasteiger partial charge in [-0.25, -0.2) is 8.78 Å². The van der Waals surface area contributed by atoms with Crippen molar-refractivity contribution in [2.24, 2.45) is 5.92 Å². The molecule has 2 atom stereocenters. The zero-order chi connectivity index (χ0) is 14.7. The lowest BCUT2D eigenvalue weighted by molar-refractivity contribution is 0.0913. The fourth-order valence-electron chi connectivity index (χ4n) is 2.46. The Bertz CT molecular complexity index is 487. The third-order valence-electron chi connectivity index (χ3n) is 3.63. The molecule has 21 heavy (non-hydrogen) atoms. The van der Waals surface area contributed by atoms with Crippen molar-refractivity contribution in [3.63, 3.8) is 0 Å². The minimum absolute atomic E-state index is 0. The van der Waals surface area contributed by atoms with Gasteiger partial charge in [-0.2, -0.15) is 0 Å². The number of carbonyl (C=O) groups is 1. The van der Waals surface area contributed by atoms with Gasteiger partial charge in [-0.15, -0.1) is 12.4 Å². The van der Waals surface area contributed by atoms with Crippen LogP contribution in [0.25, 0.3) is 0 Å². The first-order valence-corrected chi connectivity index (χ1v) is 7.44. The van der Waals surface area contributed by atoms with E-state index in [0.717, 1.165) is 38.1 Å². The fourth-order valence-corrected chi connectivity index (χ4v) is 2.86. The summed E-state index contributed by atoms with van der Waals surface area (Å²) in [6.45, 7) is 3.66. The molecule has 3 nitrogen and oxygen atoms in total. The van der Waals surface area contributed by atoms with Crippen molar-refractivity contribution in [2.75, 3.05) is 13.1 Å². The van der Waals surface area contributed by atoms with Crippen LogP contribution in [0.2, 0.25) is 0 Å². The quantitative estimate of drug-likeness (QED) is 0.841. The lowest BCUT2D eigenvalue weighted by atomic mass is 9.92. The van der Waals surface area contributed by atoms with Gasteiger partial charge in [-0.3, -0.25) is 4.79 Å². The Kier molecular flexibility index (Phi) is 7.03. The summed E-state index contributed by atoms with van der Waals surface area (Å²) < 4.78 is 27.7. The summed E-state index contributed by atoms with van der Waals surface area (Å²) in [6, 6.07) is 2.05. The number of piperidine rings is 1. The van der Waals surface area contributed by atoms with Gasteiger partial charge in [0.05, 0.1) is 0 Å². The van der Waals surface area contributed by atoms with Crippen LogP contribution in [0, 0.1) is 17.6 Å². The number of amides is 1. The molecule has 118 valence electrons. The highest BCUT2D eigenvalue weighted by Crippen LogP contribution is 2.20. The van der Waals surface area contributed by atoms with E-state index < -0.39 is 23.1 Å². The van der Waals surface area contributed by atoms with Crippen molar-refractivity contribution in [2.45, 2.75) is 25.8 Å². The summed E-state index contributed by atoms with van der Waals surface area (Å²) in [6.07, 6.45) is 2.05. The largest absolute Gasteiger partial charge is 0.349 e. The second-order valence-corrected chi connectivity index (χ2v) is 6.03. The maximum absolute atomic E-state index is 13.7. The molecule has 0 spiro atoms. The topological polar surface area (TPSA) is 41.1 Å². The van der Waals surface area contributed by atoms with Gasteiger partial charge in [0.1, 0.15) is 17.2 Å². The van der Waals surface area contributed by atoms with Crippen LogP contribution in [0.15, 0.2) is 16.6 Å². The molecule has 7 heteroatoms. The molecule has 1 amide bonds. The van der Waals surface area contributed by atoms with Gasteiger partial charge in [-0.05, 0) is 50.9 Å². The summed E-state index contributed by atoms with van der Waals surface area (Å²) in [5.74, 6) is -2.13. The van der Waals surface area contributed by atoms with Gasteiger partial charge in [0.2, 0.25) is 0 Å². The Morgan fingerprint density at radius 2 is 2.05 bits per heavy atom. The lowest BCUT2D eigenvalue weighted by Crippen LogP contribution is -2.44. The maximum atomic E-state index is 13.7. The van der Waals surface area contributed by atoms with Crippen LogP contribution in [0.1, 0.15) is 30.1 Å². The molecule has 1 saturated heterocycles. The molecule has 0 aliphatic carbocycles. The number of hydrogen-bond acceptors (Lipinski definition) is 2. The summed E-state index contributed by atoms with van der Waals surface area (Å²) in [5.41, 5.74) is -0.524. The van der Waals surface area contributed by atoms with Gasteiger partial charge in [0, 0.05) is 10.5 Å². The van der Waals surface area contributed by atoms with E-state index in [0.29, 0.717) is 0 Å². The first-order valence-electron chi connectivity index (χ1n) is 6.65. The van der Waals surface area contributed by atoms with E-state index in [1.165, 1.54) is 0 Å². The molecule has 1 aliphatic rings. The first kappa shape index (κ1) is 18.3. The van der Waals surface area contributed by atoms with Crippen LogP contribution in [-0.2, 0) is 0 Å². The molecular weight excluding hydrogens is 366 g/mol. The third kappa shape index (κ3) is 4.63. The highest BCUT2D eigenvalue weighted by molar-refractivity contribution is 9.10. The first-order chi connectivity index (χ1) is 9.49. The number of halogens is 4. The van der Waals surface area contributed by atoms with Gasteiger partial charge in [-0.1, -0.05) is 15.9 Å². The van der Waals surface area contributed by atoms with Crippen LogP contribution in [-0.4, -0.2) is 25.0 Å². The molecular formula is C14H18BrClF2N2O. The van der Waals surface area contributed by atoms with E-state index in [9.17, 15) is 13.6 Å². The maximum Gasteiger partial charge on any atom is 0.257 e. The number of hydrogen-bond donors (Lipinski definition) is 2. The molecule has 0 aromatic heterocycles. The minimum atomic E-state index is -0.858. The van der Waals surface area contributed by atoms with Crippen LogP contribution in [0.4, 0.5) is 8.78 Å². The van der Waals surface area contributed by atoms with E-state index in [1.807, 2.05) is 6.92 Å². The standard InChI is InChI=1S/C14H17BrF2N2O.ClH/c1-8(9-3-2-4-18-7-9)19-14(20)13-11(16)5-10(15)6-12(13)17;/h5-6,8-9,18H,2-4,7H2,1H3,(H,19,20);1H. The molecule has 2 unspecified atom stereocenters. The Labute approximate surface area is 137 Å². The zero-order valence-corrected chi connectivity index (χ0v) is 14.0. The molecule has 1 aromatic rings. The molecule has 2 rings (SSSR count). The Hall–Kier alpha value is -0.720. The number of carbonyl (C=O) groups excluding carboxylic acids is 1. The van der Waals surface area contributed by atoms with Crippen molar-refractivity contribution in [1.82, 2.24) is 10.6 Å². The average molecular weight is 384 g/mol. The van der Waals surface area contributed by atoms with Crippen LogP contribution in [0.3, 0.4) is 0 Å². The van der Waals surface area contributed by atoms with E-state index >= 15 is 0 Å². The van der Waals surface area contributed by atoms with E-state index in [1.54, 1.807) is 0 Å². The van der Waals surface area contributed by atoms with Gasteiger partial charge in [0.15, 0.2) is 0 Å². The molecule has 0 saturated carbocycles. The Balaban J connectivity index is 0.00000220. The Morgan fingerprint density at radius 1 is 1.43 bits per heavy atom. The Morgan fingerprint density at radius 3 is 2.57 bits per heavy atom. The highest BCUT2D eigenvalue weighted by Gasteiger charge is 2.24. The minimum Gasteiger partial charge on any atom is -0.349 e. The normalized spacial score (nSPS) is 19.5. The molecule has 1 heterocycles. The summed E-state index contributed by atoms with van der Waals surface area (Å²) in [7, 11) is 0. The van der Waals surface area contributed by atoms with Crippen molar-refractivity contribution in [3.05, 3.63) is 33.8 Å². The summed E-state index contributed by atoms with van der Waals surface area (Å²) in [5, 5.41) is 5.95. The summed E-state index contributed by atoms with van der Waals surface area (Å²) in [4.78, 5) is 12.0. The second-order valence-electron chi connectivity index (χ2n) is 5.11. The van der Waals surface area contributed by atoms with Crippen LogP contribution >= 0.6 is 28.3 Å². The van der Waals surface area contributed by atoms with Crippen molar-refractivity contribution in [3.8, 4) is 0 Å². The number of nitrogens with one attached hydrogen (secondary N) is 2. The lowest BCUT2D eigenvalue weighted by Gasteiger charge is -2.29. The van der Waals surface area contributed by atoms with Gasteiger partial charge in [0.25, 0.3) is 5.91 Å². The van der Waals surface area contributed by atoms with Crippen molar-refractivity contribution < 1.29 is 13.6 Å². The molecule has 0 radical (unpaired) electrons. The molecule has 2 N–H and O–H groups in total.